The van der Waals surface area contributed by atoms with Crippen LogP contribution in [-0.2, 0) is 21.1 Å². The van der Waals surface area contributed by atoms with Crippen LogP contribution in [0.4, 0.5) is 0 Å². The van der Waals surface area contributed by atoms with Gasteiger partial charge in [0.05, 0.1) is 16.6 Å². The molecule has 1 N–H and O–H groups in total. The lowest BCUT2D eigenvalue weighted by molar-refractivity contribution is -0.140. The molecule has 0 aliphatic carbocycles. The minimum Gasteiger partial charge on any atom is -0.481 e. The van der Waals surface area contributed by atoms with Gasteiger partial charge in [0, 0.05) is 0 Å². The van der Waals surface area contributed by atoms with Gasteiger partial charge < -0.3 is 5.11 Å². The Morgan fingerprint density at radius 1 is 0.778 bits per heavy atom. The SMILES string of the molecule is O=C(O)C(Cc1ccccc1)CS(=O)(=O)c1ccc(-c2ccccc2)cc1. The molecule has 0 fully saturated rings. The number of carboxylic acid groups (broad SMARTS) is 1. The van der Waals surface area contributed by atoms with Crippen molar-refractivity contribution in [1.82, 2.24) is 0 Å². The van der Waals surface area contributed by atoms with Crippen molar-refractivity contribution in [1.29, 1.82) is 0 Å². The number of hydrogen-bond acceptors (Lipinski definition) is 3. The molecular formula is C22H20O4S. The molecule has 138 valence electrons. The molecule has 0 bridgehead atoms. The molecule has 0 saturated carbocycles. The summed E-state index contributed by atoms with van der Waals surface area (Å²) in [5.74, 6) is -2.53. The van der Waals surface area contributed by atoms with Gasteiger partial charge in [-0.2, -0.15) is 0 Å². The van der Waals surface area contributed by atoms with Crippen molar-refractivity contribution >= 4 is 15.8 Å². The molecule has 0 heterocycles. The Morgan fingerprint density at radius 3 is 1.85 bits per heavy atom. The van der Waals surface area contributed by atoms with Crippen molar-refractivity contribution in [3.8, 4) is 11.1 Å². The van der Waals surface area contributed by atoms with Gasteiger partial charge in [-0.25, -0.2) is 8.42 Å². The van der Waals surface area contributed by atoms with Crippen LogP contribution < -0.4 is 0 Å². The molecule has 3 rings (SSSR count). The predicted molar refractivity (Wildman–Crippen MR) is 105 cm³/mol. The standard InChI is InChI=1S/C22H20O4S/c23-22(24)20(15-17-7-3-1-4-8-17)16-27(25,26)21-13-11-19(12-14-21)18-9-5-2-6-10-18/h1-14,20H,15-16H2,(H,23,24). The van der Waals surface area contributed by atoms with E-state index in [0.717, 1.165) is 16.7 Å². The molecule has 4 nitrogen and oxygen atoms in total. The number of carboxylic acids is 1. The van der Waals surface area contributed by atoms with E-state index in [2.05, 4.69) is 0 Å². The number of rotatable bonds is 7. The normalized spacial score (nSPS) is 12.4. The largest absolute Gasteiger partial charge is 0.481 e. The van der Waals surface area contributed by atoms with E-state index in [1.165, 1.54) is 0 Å². The lowest BCUT2D eigenvalue weighted by atomic mass is 10.0. The van der Waals surface area contributed by atoms with Gasteiger partial charge in [0.25, 0.3) is 0 Å². The second-order valence-corrected chi connectivity index (χ2v) is 8.43. The van der Waals surface area contributed by atoms with Crippen molar-refractivity contribution in [3.63, 3.8) is 0 Å². The molecule has 0 aromatic heterocycles. The average Bonchev–Trinajstić information content (AvgIpc) is 2.69. The molecule has 0 radical (unpaired) electrons. The van der Waals surface area contributed by atoms with Crippen molar-refractivity contribution in [2.75, 3.05) is 5.75 Å². The molecule has 1 unspecified atom stereocenters. The Bertz CT molecular complexity index is 995. The number of hydrogen-bond donors (Lipinski definition) is 1. The zero-order chi connectivity index (χ0) is 19.3. The first-order valence-electron chi connectivity index (χ1n) is 8.61. The first kappa shape index (κ1) is 18.9. The van der Waals surface area contributed by atoms with E-state index in [9.17, 15) is 18.3 Å². The molecule has 5 heteroatoms. The molecule has 1 atom stereocenters. The predicted octanol–water partition coefficient (Wildman–Crippen LogP) is 4.07. The fourth-order valence-corrected chi connectivity index (χ4v) is 4.50. The van der Waals surface area contributed by atoms with E-state index in [0.29, 0.717) is 0 Å². The van der Waals surface area contributed by atoms with Crippen LogP contribution in [-0.4, -0.2) is 25.2 Å². The highest BCUT2D eigenvalue weighted by Crippen LogP contribution is 2.23. The van der Waals surface area contributed by atoms with Crippen LogP contribution in [0.1, 0.15) is 5.56 Å². The zero-order valence-corrected chi connectivity index (χ0v) is 15.5. The minimum absolute atomic E-state index is 0.140. The monoisotopic (exact) mass is 380 g/mol. The molecule has 27 heavy (non-hydrogen) atoms. The summed E-state index contributed by atoms with van der Waals surface area (Å²) < 4.78 is 25.4. The second kappa shape index (κ2) is 8.18. The summed E-state index contributed by atoms with van der Waals surface area (Å²) in [5.41, 5.74) is 2.71. The van der Waals surface area contributed by atoms with Gasteiger partial charge >= 0.3 is 5.97 Å². The number of benzene rings is 3. The number of carbonyl (C=O) groups is 1. The topological polar surface area (TPSA) is 71.4 Å². The first-order valence-corrected chi connectivity index (χ1v) is 10.3. The molecule has 3 aromatic rings. The third-order valence-corrected chi connectivity index (χ3v) is 6.25. The maximum absolute atomic E-state index is 12.7. The van der Waals surface area contributed by atoms with Crippen molar-refractivity contribution in [2.24, 2.45) is 5.92 Å². The first-order chi connectivity index (χ1) is 13.0. The maximum Gasteiger partial charge on any atom is 0.307 e. The summed E-state index contributed by atoms with van der Waals surface area (Å²) in [5, 5.41) is 9.47. The van der Waals surface area contributed by atoms with Crippen molar-refractivity contribution < 1.29 is 18.3 Å². The molecule has 0 aliphatic rings. The van der Waals surface area contributed by atoms with Crippen molar-refractivity contribution in [3.05, 3.63) is 90.5 Å². The fourth-order valence-electron chi connectivity index (χ4n) is 2.96. The van der Waals surface area contributed by atoms with E-state index in [1.807, 2.05) is 48.5 Å². The Kier molecular flexibility index (Phi) is 5.72. The highest BCUT2D eigenvalue weighted by atomic mass is 32.2. The van der Waals surface area contributed by atoms with Crippen LogP contribution in [0.2, 0.25) is 0 Å². The maximum atomic E-state index is 12.7. The highest BCUT2D eigenvalue weighted by molar-refractivity contribution is 7.91. The highest BCUT2D eigenvalue weighted by Gasteiger charge is 2.27. The van der Waals surface area contributed by atoms with Crippen LogP contribution in [0.5, 0.6) is 0 Å². The summed E-state index contributed by atoms with van der Waals surface area (Å²) >= 11 is 0. The molecule has 0 saturated heterocycles. The number of sulfone groups is 1. The van der Waals surface area contributed by atoms with Gasteiger partial charge in [-0.3, -0.25) is 4.79 Å². The van der Waals surface area contributed by atoms with Crippen LogP contribution in [0.25, 0.3) is 11.1 Å². The van der Waals surface area contributed by atoms with E-state index >= 15 is 0 Å². The number of aliphatic carboxylic acids is 1. The van der Waals surface area contributed by atoms with E-state index in [4.69, 9.17) is 0 Å². The van der Waals surface area contributed by atoms with Gasteiger partial charge in [-0.05, 0) is 35.2 Å². The summed E-state index contributed by atoms with van der Waals surface area (Å²) in [7, 11) is -3.70. The fraction of sp³-hybridized carbons (Fsp3) is 0.136. The molecular weight excluding hydrogens is 360 g/mol. The summed E-state index contributed by atoms with van der Waals surface area (Å²) in [4.78, 5) is 11.7. The van der Waals surface area contributed by atoms with E-state index < -0.39 is 27.5 Å². The van der Waals surface area contributed by atoms with Crippen LogP contribution >= 0.6 is 0 Å². The van der Waals surface area contributed by atoms with Gasteiger partial charge in [-0.15, -0.1) is 0 Å². The van der Waals surface area contributed by atoms with Gasteiger partial charge in [0.1, 0.15) is 0 Å². The summed E-state index contributed by atoms with van der Waals surface area (Å²) in [6.45, 7) is 0. The third kappa shape index (κ3) is 4.83. The molecule has 0 spiro atoms. The quantitative estimate of drug-likeness (QED) is 0.671. The van der Waals surface area contributed by atoms with Gasteiger partial charge in [0.15, 0.2) is 9.84 Å². The summed E-state index contributed by atoms with van der Waals surface area (Å²) in [6, 6.07) is 25.3. The van der Waals surface area contributed by atoms with Crippen LogP contribution in [0.3, 0.4) is 0 Å². The Balaban J connectivity index is 1.79. The molecule has 3 aromatic carbocycles. The van der Waals surface area contributed by atoms with Crippen LogP contribution in [0, 0.1) is 5.92 Å². The average molecular weight is 380 g/mol. The van der Waals surface area contributed by atoms with Crippen molar-refractivity contribution in [2.45, 2.75) is 11.3 Å². The Labute approximate surface area is 159 Å². The van der Waals surface area contributed by atoms with Crippen LogP contribution in [0.15, 0.2) is 89.8 Å². The Morgan fingerprint density at radius 2 is 1.30 bits per heavy atom. The van der Waals surface area contributed by atoms with Gasteiger partial charge in [-0.1, -0.05) is 72.8 Å². The smallest absolute Gasteiger partial charge is 0.307 e. The van der Waals surface area contributed by atoms with Gasteiger partial charge in [0.2, 0.25) is 0 Å². The minimum atomic E-state index is -3.70. The lowest BCUT2D eigenvalue weighted by Crippen LogP contribution is -2.26. The zero-order valence-electron chi connectivity index (χ0n) is 14.7. The molecule has 0 aliphatic heterocycles. The third-order valence-electron chi connectivity index (χ3n) is 4.42. The lowest BCUT2D eigenvalue weighted by Gasteiger charge is -2.13. The van der Waals surface area contributed by atoms with E-state index in [1.54, 1.807) is 36.4 Å². The molecule has 0 amide bonds. The summed E-state index contributed by atoms with van der Waals surface area (Å²) in [6.07, 6.45) is 0.178. The van der Waals surface area contributed by atoms with E-state index in [-0.39, 0.29) is 11.3 Å². The second-order valence-electron chi connectivity index (χ2n) is 6.40. The Hall–Kier alpha value is -2.92.